The topological polar surface area (TPSA) is 61.4 Å². The average Bonchev–Trinajstić information content (AvgIpc) is 3.73. The highest BCUT2D eigenvalue weighted by Crippen LogP contribution is 2.49. The molecule has 2 saturated carbocycles. The van der Waals surface area contributed by atoms with Gasteiger partial charge < -0.3 is 15.5 Å². The van der Waals surface area contributed by atoms with Gasteiger partial charge in [0.2, 0.25) is 5.91 Å². The van der Waals surface area contributed by atoms with Crippen LogP contribution < -0.4 is 15.5 Å². The van der Waals surface area contributed by atoms with Crippen molar-refractivity contribution in [3.63, 3.8) is 0 Å². The van der Waals surface area contributed by atoms with Gasteiger partial charge >= 0.3 is 0 Å². The molecule has 2 amide bonds. The van der Waals surface area contributed by atoms with Crippen LogP contribution in [0.1, 0.15) is 67.3 Å². The highest BCUT2D eigenvalue weighted by molar-refractivity contribution is 6.30. The van der Waals surface area contributed by atoms with Gasteiger partial charge in [0.25, 0.3) is 5.91 Å². The van der Waals surface area contributed by atoms with Crippen LogP contribution in [-0.2, 0) is 10.2 Å². The lowest BCUT2D eigenvalue weighted by molar-refractivity contribution is -0.124. The van der Waals surface area contributed by atoms with Gasteiger partial charge in [-0.25, -0.2) is 4.39 Å². The Morgan fingerprint density at radius 3 is 2.18 bits per heavy atom. The second-order valence-electron chi connectivity index (χ2n) is 10.4. The van der Waals surface area contributed by atoms with E-state index in [-0.39, 0.29) is 41.5 Å². The molecule has 2 aromatic carbocycles. The first kappa shape index (κ1) is 21.9. The van der Waals surface area contributed by atoms with Crippen LogP contribution in [0.15, 0.2) is 42.5 Å². The third-order valence-corrected chi connectivity index (χ3v) is 8.31. The van der Waals surface area contributed by atoms with Gasteiger partial charge in [-0.3, -0.25) is 9.59 Å². The van der Waals surface area contributed by atoms with Crippen molar-refractivity contribution in [2.75, 3.05) is 4.90 Å². The van der Waals surface area contributed by atoms with E-state index in [9.17, 15) is 14.0 Å². The molecule has 2 saturated heterocycles. The van der Waals surface area contributed by atoms with Crippen molar-refractivity contribution in [2.24, 2.45) is 0 Å². The molecule has 1 unspecified atom stereocenters. The Morgan fingerprint density at radius 1 is 0.912 bits per heavy atom. The number of amides is 2. The van der Waals surface area contributed by atoms with Crippen molar-refractivity contribution >= 4 is 29.1 Å². The maximum Gasteiger partial charge on any atom is 0.254 e. The van der Waals surface area contributed by atoms with E-state index >= 15 is 0 Å². The first-order valence-corrected chi connectivity index (χ1v) is 12.8. The largest absolute Gasteiger partial charge is 0.365 e. The number of piperidine rings is 1. The van der Waals surface area contributed by atoms with Crippen LogP contribution in [0.2, 0.25) is 5.02 Å². The number of halogens is 2. The quantitative estimate of drug-likeness (QED) is 0.627. The molecular formula is C27H29ClFN3O2. The van der Waals surface area contributed by atoms with E-state index in [1.54, 1.807) is 6.07 Å². The summed E-state index contributed by atoms with van der Waals surface area (Å²) in [7, 11) is 0. The molecule has 2 aliphatic carbocycles. The number of nitrogens with zero attached hydrogens (tertiary/aromatic N) is 1. The Hall–Kier alpha value is -2.60. The number of benzene rings is 2. The third-order valence-electron chi connectivity index (χ3n) is 8.06. The van der Waals surface area contributed by atoms with Crippen LogP contribution in [0, 0.1) is 5.82 Å². The molecule has 2 N–H and O–H groups in total. The van der Waals surface area contributed by atoms with Crippen molar-refractivity contribution in [3.8, 4) is 0 Å². The smallest absolute Gasteiger partial charge is 0.254 e. The molecule has 34 heavy (non-hydrogen) atoms. The van der Waals surface area contributed by atoms with E-state index in [1.165, 1.54) is 6.07 Å². The number of rotatable bonds is 6. The van der Waals surface area contributed by atoms with Crippen LogP contribution in [-0.4, -0.2) is 36.0 Å². The summed E-state index contributed by atoms with van der Waals surface area (Å²) in [5.41, 5.74) is 1.57. The predicted molar refractivity (Wildman–Crippen MR) is 130 cm³/mol. The zero-order valence-corrected chi connectivity index (χ0v) is 19.8. The summed E-state index contributed by atoms with van der Waals surface area (Å²) in [4.78, 5) is 27.8. The van der Waals surface area contributed by atoms with Crippen LogP contribution >= 0.6 is 11.6 Å². The zero-order chi connectivity index (χ0) is 23.4. The minimum absolute atomic E-state index is 0.113. The fourth-order valence-corrected chi connectivity index (χ4v) is 6.05. The Balaban J connectivity index is 1.12. The van der Waals surface area contributed by atoms with Crippen LogP contribution in [0.3, 0.4) is 0 Å². The summed E-state index contributed by atoms with van der Waals surface area (Å²) in [6, 6.07) is 13.5. The second-order valence-corrected chi connectivity index (χ2v) is 10.9. The van der Waals surface area contributed by atoms with Gasteiger partial charge in [-0.1, -0.05) is 23.7 Å². The summed E-state index contributed by atoms with van der Waals surface area (Å²) < 4.78 is 14.8. The standard InChI is InChI=1S/C27H29ClFN3O2/c28-17-3-1-16(2-4-17)27(11-12-27)26(34)31-19-13-20-7-8-21(14-19)32(20)22-9-10-23(24(29)15-22)25(33)30-18-5-6-18/h1-4,9-10,15,18-21H,5-8,11-14H2,(H,30,33)(H,31,34)/t19?,20-,21+. The minimum Gasteiger partial charge on any atom is -0.365 e. The van der Waals surface area contributed by atoms with E-state index in [1.807, 2.05) is 30.3 Å². The number of hydrogen-bond donors (Lipinski definition) is 2. The van der Waals surface area contributed by atoms with Crippen molar-refractivity contribution < 1.29 is 14.0 Å². The number of anilines is 1. The Kier molecular flexibility index (Phi) is 5.32. The Bertz CT molecular complexity index is 1120. The van der Waals surface area contributed by atoms with E-state index in [2.05, 4.69) is 15.5 Å². The molecule has 5 nitrogen and oxygen atoms in total. The molecule has 3 atom stereocenters. The van der Waals surface area contributed by atoms with Gasteiger partial charge in [-0.05, 0) is 87.3 Å². The summed E-state index contributed by atoms with van der Waals surface area (Å²) in [5, 5.41) is 6.88. The molecule has 2 aliphatic heterocycles. The van der Waals surface area contributed by atoms with Crippen LogP contribution in [0.4, 0.5) is 10.1 Å². The average molecular weight is 482 g/mol. The Morgan fingerprint density at radius 2 is 1.59 bits per heavy atom. The van der Waals surface area contributed by atoms with Gasteiger partial charge in [0.15, 0.2) is 0 Å². The summed E-state index contributed by atoms with van der Waals surface area (Å²) in [6.07, 6.45) is 7.45. The molecule has 4 aliphatic rings. The predicted octanol–water partition coefficient (Wildman–Crippen LogP) is 4.72. The molecule has 6 rings (SSSR count). The molecule has 2 bridgehead atoms. The van der Waals surface area contributed by atoms with Gasteiger partial charge in [-0.15, -0.1) is 0 Å². The Labute approximate surface area is 204 Å². The number of carbonyl (C=O) groups is 2. The van der Waals surface area contributed by atoms with E-state index in [0.29, 0.717) is 5.02 Å². The van der Waals surface area contributed by atoms with Gasteiger partial charge in [-0.2, -0.15) is 0 Å². The lowest BCUT2D eigenvalue weighted by atomic mass is 9.92. The molecule has 0 aromatic heterocycles. The highest BCUT2D eigenvalue weighted by atomic mass is 35.5. The molecular weight excluding hydrogens is 453 g/mol. The summed E-state index contributed by atoms with van der Waals surface area (Å²) >= 11 is 6.03. The molecule has 0 spiro atoms. The van der Waals surface area contributed by atoms with Gasteiger partial charge in [0, 0.05) is 34.9 Å². The number of fused-ring (bicyclic) bond motifs is 2. The van der Waals surface area contributed by atoms with Crippen molar-refractivity contribution in [3.05, 3.63) is 64.4 Å². The second kappa shape index (κ2) is 8.26. The maximum absolute atomic E-state index is 14.8. The number of carbonyl (C=O) groups excluding carboxylic acids is 2. The highest BCUT2D eigenvalue weighted by Gasteiger charge is 2.52. The van der Waals surface area contributed by atoms with Gasteiger partial charge in [0.05, 0.1) is 11.0 Å². The lowest BCUT2D eigenvalue weighted by Crippen LogP contribution is -2.52. The van der Waals surface area contributed by atoms with Crippen molar-refractivity contribution in [2.45, 2.75) is 80.9 Å². The van der Waals surface area contributed by atoms with Crippen molar-refractivity contribution in [1.82, 2.24) is 10.6 Å². The van der Waals surface area contributed by atoms with Crippen LogP contribution in [0.5, 0.6) is 0 Å². The lowest BCUT2D eigenvalue weighted by Gasteiger charge is -2.41. The molecule has 178 valence electrons. The summed E-state index contributed by atoms with van der Waals surface area (Å²) in [5.74, 6) is -0.681. The van der Waals surface area contributed by atoms with Gasteiger partial charge in [0.1, 0.15) is 5.82 Å². The zero-order valence-electron chi connectivity index (χ0n) is 19.0. The third kappa shape index (κ3) is 3.96. The van der Waals surface area contributed by atoms with E-state index < -0.39 is 11.2 Å². The van der Waals surface area contributed by atoms with E-state index in [4.69, 9.17) is 11.6 Å². The van der Waals surface area contributed by atoms with Crippen LogP contribution in [0.25, 0.3) is 0 Å². The normalized spacial score (nSPS) is 26.8. The maximum atomic E-state index is 14.8. The number of hydrogen-bond acceptors (Lipinski definition) is 3. The summed E-state index contributed by atoms with van der Waals surface area (Å²) in [6.45, 7) is 0. The molecule has 4 fully saturated rings. The van der Waals surface area contributed by atoms with Crippen molar-refractivity contribution in [1.29, 1.82) is 0 Å². The van der Waals surface area contributed by atoms with E-state index in [0.717, 1.165) is 62.6 Å². The fourth-order valence-electron chi connectivity index (χ4n) is 5.92. The molecule has 2 aromatic rings. The molecule has 2 heterocycles. The molecule has 7 heteroatoms. The monoisotopic (exact) mass is 481 g/mol. The first-order chi connectivity index (χ1) is 16.4. The first-order valence-electron chi connectivity index (χ1n) is 12.4. The number of nitrogens with one attached hydrogen (secondary N) is 2. The fraction of sp³-hybridized carbons (Fsp3) is 0.481. The SMILES string of the molecule is O=C(NC1CC1)c1ccc(N2[C@@H]3CC[C@H]2CC(NC(=O)C2(c4ccc(Cl)cc4)CC2)C3)cc1F. The minimum atomic E-state index is -0.468. The molecule has 0 radical (unpaired) electrons.